The second-order valence-corrected chi connectivity index (χ2v) is 4.15. The molecule has 0 aromatic heterocycles. The molecule has 0 aromatic rings. The topological polar surface area (TPSA) is 43.1 Å². The normalized spacial score (nSPS) is 12.2. The Bertz CT molecular complexity index is 142. The summed E-state index contributed by atoms with van der Waals surface area (Å²) in [6, 6.07) is 0. The van der Waals surface area contributed by atoms with Crippen LogP contribution in [0, 0.1) is 5.92 Å². The predicted molar refractivity (Wildman–Crippen MR) is 52.0 cm³/mol. The van der Waals surface area contributed by atoms with Gasteiger partial charge >= 0.3 is 0 Å². The van der Waals surface area contributed by atoms with E-state index in [1.54, 1.807) is 0 Å². The molecule has 12 heavy (non-hydrogen) atoms. The van der Waals surface area contributed by atoms with Crippen molar-refractivity contribution in [1.82, 2.24) is 0 Å². The third-order valence-electron chi connectivity index (χ3n) is 2.07. The number of hydrogen-bond donors (Lipinski definition) is 1. The molecule has 0 saturated heterocycles. The average molecular weight is 171 g/mol. The lowest BCUT2D eigenvalue weighted by Crippen LogP contribution is -2.36. The number of hydrogen-bond acceptors (Lipinski definition) is 2. The third kappa shape index (κ3) is 4.50. The summed E-state index contributed by atoms with van der Waals surface area (Å²) in [5, 5.41) is 0. The molecule has 0 aromatic carbocycles. The summed E-state index contributed by atoms with van der Waals surface area (Å²) in [5.41, 5.74) is 5.42. The molecule has 0 atom stereocenters. The predicted octanol–water partition coefficient (Wildman–Crippen LogP) is 2.12. The molecule has 0 aliphatic heterocycles. The Hall–Kier alpha value is -0.370. The molecule has 2 N–H and O–H groups in total. The van der Waals surface area contributed by atoms with Gasteiger partial charge in [-0.05, 0) is 26.7 Å². The minimum absolute atomic E-state index is 0.216. The van der Waals surface area contributed by atoms with Gasteiger partial charge in [-0.2, -0.15) is 0 Å². The summed E-state index contributed by atoms with van der Waals surface area (Å²) >= 11 is 0. The van der Waals surface area contributed by atoms with E-state index in [9.17, 15) is 4.79 Å². The number of carbonyl (C=O) groups excluding carboxylic acids is 1. The van der Waals surface area contributed by atoms with Crippen molar-refractivity contribution in [3.63, 3.8) is 0 Å². The summed E-state index contributed by atoms with van der Waals surface area (Å²) in [6.07, 6.45) is 2.37. The van der Waals surface area contributed by atoms with E-state index < -0.39 is 0 Å². The highest BCUT2D eigenvalue weighted by molar-refractivity contribution is 5.81. The zero-order valence-corrected chi connectivity index (χ0v) is 8.68. The van der Waals surface area contributed by atoms with Crippen LogP contribution in [0.5, 0.6) is 0 Å². The molecule has 2 nitrogen and oxygen atoms in total. The highest BCUT2D eigenvalue weighted by atomic mass is 16.1. The molecule has 0 saturated carbocycles. The molecule has 2 heteroatoms. The first-order valence-corrected chi connectivity index (χ1v) is 4.72. The fourth-order valence-electron chi connectivity index (χ4n) is 1.34. The molecular weight excluding hydrogens is 150 g/mol. The molecule has 0 heterocycles. The van der Waals surface area contributed by atoms with Crippen LogP contribution in [-0.2, 0) is 4.79 Å². The minimum Gasteiger partial charge on any atom is -0.325 e. The van der Waals surface area contributed by atoms with E-state index in [1.807, 2.05) is 13.8 Å². The zero-order valence-electron chi connectivity index (χ0n) is 8.68. The standard InChI is InChI=1S/C10H21NO/c1-5-8(6-2)9(12)7-10(3,4)11/h8H,5-7,11H2,1-4H3. The van der Waals surface area contributed by atoms with Gasteiger partial charge in [0.1, 0.15) is 5.78 Å². The molecule has 0 aliphatic rings. The monoisotopic (exact) mass is 171 g/mol. The van der Waals surface area contributed by atoms with Crippen LogP contribution in [0.4, 0.5) is 0 Å². The number of nitrogens with two attached hydrogens (primary N) is 1. The molecule has 0 rings (SSSR count). The van der Waals surface area contributed by atoms with E-state index in [0.717, 1.165) is 12.8 Å². The van der Waals surface area contributed by atoms with E-state index in [0.29, 0.717) is 12.2 Å². The van der Waals surface area contributed by atoms with Gasteiger partial charge in [-0.3, -0.25) is 4.79 Å². The van der Waals surface area contributed by atoms with E-state index >= 15 is 0 Å². The number of Topliss-reactive ketones (excluding diaryl/α,β-unsaturated/α-hetero) is 1. The lowest BCUT2D eigenvalue weighted by Gasteiger charge is -2.20. The van der Waals surface area contributed by atoms with E-state index in [4.69, 9.17) is 5.73 Å². The molecular formula is C10H21NO. The maximum atomic E-state index is 11.5. The number of ketones is 1. The number of rotatable bonds is 5. The SMILES string of the molecule is CCC(CC)C(=O)CC(C)(C)N. The van der Waals surface area contributed by atoms with Crippen molar-refractivity contribution in [2.45, 2.75) is 52.5 Å². The van der Waals surface area contributed by atoms with Gasteiger partial charge in [0, 0.05) is 17.9 Å². The van der Waals surface area contributed by atoms with Crippen molar-refractivity contribution in [3.8, 4) is 0 Å². The summed E-state index contributed by atoms with van der Waals surface area (Å²) in [7, 11) is 0. The van der Waals surface area contributed by atoms with Crippen LogP contribution in [0.3, 0.4) is 0 Å². The molecule has 0 fully saturated rings. The number of carbonyl (C=O) groups is 1. The largest absolute Gasteiger partial charge is 0.325 e. The molecule has 0 bridgehead atoms. The Balaban J connectivity index is 4.02. The molecule has 0 radical (unpaired) electrons. The van der Waals surface area contributed by atoms with Gasteiger partial charge in [0.15, 0.2) is 0 Å². The Morgan fingerprint density at radius 3 is 2.00 bits per heavy atom. The minimum atomic E-state index is -0.348. The van der Waals surface area contributed by atoms with E-state index in [1.165, 1.54) is 0 Å². The average Bonchev–Trinajstić information content (AvgIpc) is 1.85. The van der Waals surface area contributed by atoms with Crippen LogP contribution in [0.1, 0.15) is 47.0 Å². The highest BCUT2D eigenvalue weighted by Gasteiger charge is 2.21. The summed E-state index contributed by atoms with van der Waals surface area (Å²) in [5.74, 6) is 0.528. The summed E-state index contributed by atoms with van der Waals surface area (Å²) in [6.45, 7) is 7.89. The molecule has 0 amide bonds. The van der Waals surface area contributed by atoms with Gasteiger partial charge in [-0.15, -0.1) is 0 Å². The van der Waals surface area contributed by atoms with E-state index in [-0.39, 0.29) is 11.5 Å². The van der Waals surface area contributed by atoms with Gasteiger partial charge in [0.05, 0.1) is 0 Å². The van der Waals surface area contributed by atoms with Gasteiger partial charge in [-0.25, -0.2) is 0 Å². The molecule has 0 spiro atoms. The first-order chi connectivity index (χ1) is 5.40. The van der Waals surface area contributed by atoms with Crippen LogP contribution >= 0.6 is 0 Å². The second kappa shape index (κ2) is 4.61. The zero-order chi connectivity index (χ0) is 9.78. The van der Waals surface area contributed by atoms with Crippen LogP contribution in [0.15, 0.2) is 0 Å². The maximum absolute atomic E-state index is 11.5. The summed E-state index contributed by atoms with van der Waals surface area (Å²) < 4.78 is 0. The van der Waals surface area contributed by atoms with Crippen LogP contribution < -0.4 is 5.73 Å². The highest BCUT2D eigenvalue weighted by Crippen LogP contribution is 2.15. The van der Waals surface area contributed by atoms with E-state index in [2.05, 4.69) is 13.8 Å². The maximum Gasteiger partial charge on any atom is 0.137 e. The van der Waals surface area contributed by atoms with Crippen LogP contribution in [0.2, 0.25) is 0 Å². The van der Waals surface area contributed by atoms with Crippen molar-refractivity contribution in [2.24, 2.45) is 11.7 Å². The summed E-state index contributed by atoms with van der Waals surface area (Å²) in [4.78, 5) is 11.5. The van der Waals surface area contributed by atoms with Gasteiger partial charge in [0.2, 0.25) is 0 Å². The fraction of sp³-hybridized carbons (Fsp3) is 0.900. The van der Waals surface area contributed by atoms with Gasteiger partial charge in [-0.1, -0.05) is 13.8 Å². The first kappa shape index (κ1) is 11.6. The van der Waals surface area contributed by atoms with Gasteiger partial charge < -0.3 is 5.73 Å². The molecule has 72 valence electrons. The molecule has 0 aliphatic carbocycles. The second-order valence-electron chi connectivity index (χ2n) is 4.15. The lowest BCUT2D eigenvalue weighted by molar-refractivity contribution is -0.124. The Labute approximate surface area is 75.5 Å². The van der Waals surface area contributed by atoms with Crippen molar-refractivity contribution in [1.29, 1.82) is 0 Å². The van der Waals surface area contributed by atoms with Crippen molar-refractivity contribution in [2.75, 3.05) is 0 Å². The smallest absolute Gasteiger partial charge is 0.137 e. The van der Waals surface area contributed by atoms with Crippen molar-refractivity contribution in [3.05, 3.63) is 0 Å². The first-order valence-electron chi connectivity index (χ1n) is 4.72. The third-order valence-corrected chi connectivity index (χ3v) is 2.07. The Kier molecular flexibility index (Phi) is 4.46. The van der Waals surface area contributed by atoms with Crippen molar-refractivity contribution >= 4 is 5.78 Å². The van der Waals surface area contributed by atoms with Crippen molar-refractivity contribution < 1.29 is 4.79 Å². The molecule has 0 unspecified atom stereocenters. The lowest BCUT2D eigenvalue weighted by atomic mass is 9.89. The van der Waals surface area contributed by atoms with Crippen LogP contribution in [-0.4, -0.2) is 11.3 Å². The fourth-order valence-corrected chi connectivity index (χ4v) is 1.34. The quantitative estimate of drug-likeness (QED) is 0.688. The van der Waals surface area contributed by atoms with Gasteiger partial charge in [0.25, 0.3) is 0 Å². The Morgan fingerprint density at radius 2 is 1.75 bits per heavy atom. The Morgan fingerprint density at radius 1 is 1.33 bits per heavy atom. The van der Waals surface area contributed by atoms with Crippen LogP contribution in [0.25, 0.3) is 0 Å².